The van der Waals surface area contributed by atoms with Gasteiger partial charge in [-0.05, 0) is 43.3 Å². The molecule has 0 bridgehead atoms. The summed E-state index contributed by atoms with van der Waals surface area (Å²) in [6.45, 7) is 1.63. The highest BCUT2D eigenvalue weighted by molar-refractivity contribution is 6.33. The monoisotopic (exact) mass is 444 g/mol. The number of hydrogen-bond donors (Lipinski definition) is 1. The topological polar surface area (TPSA) is 102 Å². The summed E-state index contributed by atoms with van der Waals surface area (Å²) in [7, 11) is 0. The van der Waals surface area contributed by atoms with Crippen molar-refractivity contribution >= 4 is 46.7 Å². The third-order valence-corrected chi connectivity index (χ3v) is 4.95. The number of hydrogen-bond acceptors (Lipinski definition) is 6. The molecule has 1 atom stereocenters. The normalized spacial score (nSPS) is 15.5. The lowest BCUT2D eigenvalue weighted by atomic mass is 10.1. The number of carbonyl (C=O) groups is 4. The lowest BCUT2D eigenvalue weighted by molar-refractivity contribution is -0.151. The van der Waals surface area contributed by atoms with Crippen molar-refractivity contribution in [2.45, 2.75) is 13.3 Å². The largest absolute Gasteiger partial charge is 0.462 e. The predicted molar refractivity (Wildman–Crippen MR) is 114 cm³/mol. The van der Waals surface area contributed by atoms with Gasteiger partial charge >= 0.3 is 11.9 Å². The zero-order valence-corrected chi connectivity index (χ0v) is 17.6. The first-order valence-corrected chi connectivity index (χ1v) is 10.1. The maximum absolute atomic E-state index is 12.3. The minimum absolute atomic E-state index is 0.0129. The second-order valence-electron chi connectivity index (χ2n) is 6.81. The molecule has 1 N–H and O–H groups in total. The molecule has 31 heavy (non-hydrogen) atoms. The van der Waals surface area contributed by atoms with E-state index >= 15 is 0 Å². The number of ether oxygens (including phenoxy) is 2. The lowest BCUT2D eigenvalue weighted by Crippen LogP contribution is -2.28. The number of anilines is 2. The van der Waals surface area contributed by atoms with Crippen molar-refractivity contribution in [2.75, 3.05) is 30.0 Å². The van der Waals surface area contributed by atoms with Gasteiger partial charge in [-0.3, -0.25) is 14.4 Å². The van der Waals surface area contributed by atoms with Gasteiger partial charge in [0.25, 0.3) is 5.91 Å². The van der Waals surface area contributed by atoms with Crippen molar-refractivity contribution < 1.29 is 28.7 Å². The fourth-order valence-electron chi connectivity index (χ4n) is 3.12. The van der Waals surface area contributed by atoms with Crippen molar-refractivity contribution in [3.05, 3.63) is 59.1 Å². The average Bonchev–Trinajstić information content (AvgIpc) is 3.14. The Labute approximate surface area is 184 Å². The lowest BCUT2D eigenvalue weighted by Gasteiger charge is -2.17. The number of amides is 2. The highest BCUT2D eigenvalue weighted by atomic mass is 35.5. The van der Waals surface area contributed by atoms with Gasteiger partial charge in [-0.1, -0.05) is 23.7 Å². The molecule has 162 valence electrons. The van der Waals surface area contributed by atoms with Crippen LogP contribution in [0.5, 0.6) is 0 Å². The number of esters is 2. The van der Waals surface area contributed by atoms with Gasteiger partial charge in [0, 0.05) is 18.7 Å². The molecule has 3 rings (SSSR count). The molecule has 0 radical (unpaired) electrons. The van der Waals surface area contributed by atoms with Gasteiger partial charge in [0.2, 0.25) is 5.91 Å². The Morgan fingerprint density at radius 1 is 1.10 bits per heavy atom. The molecule has 0 saturated carbocycles. The molecule has 0 aromatic heterocycles. The molecule has 0 spiro atoms. The van der Waals surface area contributed by atoms with E-state index in [4.69, 9.17) is 21.1 Å². The number of nitrogens with one attached hydrogen (secondary N) is 1. The summed E-state index contributed by atoms with van der Waals surface area (Å²) < 4.78 is 9.97. The first-order valence-electron chi connectivity index (χ1n) is 9.67. The first kappa shape index (κ1) is 22.3. The molecular formula is C22H21ClN2O6. The van der Waals surface area contributed by atoms with Gasteiger partial charge in [-0.15, -0.1) is 0 Å². The SMILES string of the molecule is CCOC(=O)c1ccc(NC(=O)COC(=O)[C@@H]2CC(=O)N(c3ccccc3Cl)C2)cc1. The summed E-state index contributed by atoms with van der Waals surface area (Å²) in [6.07, 6.45) is -0.0129. The summed E-state index contributed by atoms with van der Waals surface area (Å²) in [6, 6.07) is 13.0. The summed E-state index contributed by atoms with van der Waals surface area (Å²) >= 11 is 6.13. The number of rotatable bonds is 7. The van der Waals surface area contributed by atoms with Crippen LogP contribution in [0.25, 0.3) is 0 Å². The van der Waals surface area contributed by atoms with Crippen molar-refractivity contribution in [3.8, 4) is 0 Å². The number of carbonyl (C=O) groups excluding carboxylic acids is 4. The zero-order chi connectivity index (χ0) is 22.4. The Balaban J connectivity index is 1.49. The second-order valence-corrected chi connectivity index (χ2v) is 7.22. The standard InChI is InChI=1S/C22H21ClN2O6/c1-2-30-21(28)14-7-9-16(10-8-14)24-19(26)13-31-22(29)15-11-20(27)25(12-15)18-6-4-3-5-17(18)23/h3-10,15H,2,11-13H2,1H3,(H,24,26)/t15-/m1/s1. The van der Waals surface area contributed by atoms with E-state index in [1.54, 1.807) is 43.3 Å². The average molecular weight is 445 g/mol. The molecule has 1 saturated heterocycles. The van der Waals surface area contributed by atoms with Crippen molar-refractivity contribution in [3.63, 3.8) is 0 Å². The Hall–Kier alpha value is -3.39. The van der Waals surface area contributed by atoms with Gasteiger partial charge in [0.15, 0.2) is 6.61 Å². The van der Waals surface area contributed by atoms with Crippen molar-refractivity contribution in [1.29, 1.82) is 0 Å². The quantitative estimate of drug-likeness (QED) is 0.658. The number of halogens is 1. The van der Waals surface area contributed by atoms with Gasteiger partial charge < -0.3 is 19.7 Å². The molecule has 2 amide bonds. The first-order chi connectivity index (χ1) is 14.9. The van der Waals surface area contributed by atoms with Crippen LogP contribution in [0.3, 0.4) is 0 Å². The minimum Gasteiger partial charge on any atom is -0.462 e. The molecule has 8 nitrogen and oxygen atoms in total. The highest BCUT2D eigenvalue weighted by Gasteiger charge is 2.37. The minimum atomic E-state index is -0.680. The van der Waals surface area contributed by atoms with E-state index in [1.165, 1.54) is 17.0 Å². The van der Waals surface area contributed by atoms with Crippen LogP contribution in [0.1, 0.15) is 23.7 Å². The van der Waals surface area contributed by atoms with Gasteiger partial charge in [-0.25, -0.2) is 4.79 Å². The fourth-order valence-corrected chi connectivity index (χ4v) is 3.36. The van der Waals surface area contributed by atoms with Gasteiger partial charge in [-0.2, -0.15) is 0 Å². The Morgan fingerprint density at radius 2 is 1.81 bits per heavy atom. The molecular weight excluding hydrogens is 424 g/mol. The van der Waals surface area contributed by atoms with E-state index in [0.29, 0.717) is 22.0 Å². The zero-order valence-electron chi connectivity index (χ0n) is 16.8. The smallest absolute Gasteiger partial charge is 0.338 e. The molecule has 2 aromatic carbocycles. The van der Waals surface area contributed by atoms with E-state index in [1.807, 2.05) is 0 Å². The molecule has 1 heterocycles. The van der Waals surface area contributed by atoms with Crippen LogP contribution in [-0.4, -0.2) is 43.5 Å². The third kappa shape index (κ3) is 5.61. The Bertz CT molecular complexity index is 992. The van der Waals surface area contributed by atoms with Crippen LogP contribution in [0.4, 0.5) is 11.4 Å². The van der Waals surface area contributed by atoms with E-state index < -0.39 is 30.4 Å². The highest BCUT2D eigenvalue weighted by Crippen LogP contribution is 2.31. The third-order valence-electron chi connectivity index (χ3n) is 4.63. The van der Waals surface area contributed by atoms with Crippen LogP contribution >= 0.6 is 11.6 Å². The van der Waals surface area contributed by atoms with Gasteiger partial charge in [0.05, 0.1) is 28.8 Å². The number of nitrogens with zero attached hydrogens (tertiary/aromatic N) is 1. The summed E-state index contributed by atoms with van der Waals surface area (Å²) in [4.78, 5) is 49.8. The van der Waals surface area contributed by atoms with Crippen LogP contribution in [0.15, 0.2) is 48.5 Å². The van der Waals surface area contributed by atoms with E-state index in [9.17, 15) is 19.2 Å². The second kappa shape index (κ2) is 10.1. The van der Waals surface area contributed by atoms with Crippen LogP contribution in [0, 0.1) is 5.92 Å². The molecule has 1 aliphatic heterocycles. The van der Waals surface area contributed by atoms with Crippen molar-refractivity contribution in [2.24, 2.45) is 5.92 Å². The van der Waals surface area contributed by atoms with E-state index in [-0.39, 0.29) is 25.5 Å². The maximum atomic E-state index is 12.3. The molecule has 2 aromatic rings. The molecule has 1 fully saturated rings. The van der Waals surface area contributed by atoms with Crippen LogP contribution < -0.4 is 10.2 Å². The number of para-hydroxylation sites is 1. The van der Waals surface area contributed by atoms with E-state index in [2.05, 4.69) is 5.32 Å². The molecule has 0 aliphatic carbocycles. The molecule has 9 heteroatoms. The predicted octanol–water partition coefficient (Wildman–Crippen LogP) is 3.05. The van der Waals surface area contributed by atoms with E-state index in [0.717, 1.165) is 0 Å². The number of benzene rings is 2. The fraction of sp³-hybridized carbons (Fsp3) is 0.273. The summed E-state index contributed by atoms with van der Waals surface area (Å²) in [5.41, 5.74) is 1.34. The van der Waals surface area contributed by atoms with Crippen LogP contribution in [0.2, 0.25) is 5.02 Å². The molecule has 0 unspecified atom stereocenters. The Kier molecular flexibility index (Phi) is 7.25. The summed E-state index contributed by atoms with van der Waals surface area (Å²) in [5.74, 6) is -2.53. The molecule has 1 aliphatic rings. The Morgan fingerprint density at radius 3 is 2.48 bits per heavy atom. The van der Waals surface area contributed by atoms with Crippen molar-refractivity contribution in [1.82, 2.24) is 0 Å². The summed E-state index contributed by atoms with van der Waals surface area (Å²) in [5, 5.41) is 2.99. The maximum Gasteiger partial charge on any atom is 0.338 e. The van der Waals surface area contributed by atoms with Crippen LogP contribution in [-0.2, 0) is 23.9 Å². The van der Waals surface area contributed by atoms with Gasteiger partial charge in [0.1, 0.15) is 0 Å².